The van der Waals surface area contributed by atoms with Crippen molar-refractivity contribution in [3.8, 4) is 22.3 Å². The Labute approximate surface area is 166 Å². The van der Waals surface area contributed by atoms with Gasteiger partial charge in [0.05, 0.1) is 5.56 Å². The summed E-state index contributed by atoms with van der Waals surface area (Å²) >= 11 is 0. The van der Waals surface area contributed by atoms with Crippen molar-refractivity contribution in [2.24, 2.45) is 5.73 Å². The lowest BCUT2D eigenvalue weighted by molar-refractivity contribution is 0.0922. The Morgan fingerprint density at radius 3 is 1.82 bits per heavy atom. The lowest BCUT2D eigenvalue weighted by atomic mass is 9.88. The topological polar surface area (TPSA) is 55.1 Å². The van der Waals surface area contributed by atoms with Crippen molar-refractivity contribution in [1.29, 1.82) is 0 Å². The molecule has 0 aliphatic heterocycles. The molecule has 28 heavy (non-hydrogen) atoms. The van der Waals surface area contributed by atoms with Gasteiger partial charge in [-0.1, -0.05) is 91.7 Å². The molecular formula is C25H26N2O. The molecule has 3 nitrogen and oxygen atoms in total. The number of rotatable bonds is 4. The standard InChI is InChI=1S/C25H26N2O/c26-22-16-7-8-17-23(22)27-25(28)24-20(18-10-3-1-4-11-18)14-9-15-21(24)19-12-5-2-6-13-19/h1-6,9-15,22-23H,7-8,16-17,26H2,(H,27,28)/t22-,23-/m1/s1. The van der Waals surface area contributed by atoms with Crippen LogP contribution in [0.2, 0.25) is 0 Å². The van der Waals surface area contributed by atoms with Gasteiger partial charge >= 0.3 is 0 Å². The minimum atomic E-state index is -0.0411. The van der Waals surface area contributed by atoms with Crippen LogP contribution in [0.4, 0.5) is 0 Å². The molecule has 3 aromatic rings. The lowest BCUT2D eigenvalue weighted by Crippen LogP contribution is -2.49. The molecule has 0 heterocycles. The number of nitrogens with two attached hydrogens (primary N) is 1. The van der Waals surface area contributed by atoms with Gasteiger partial charge in [0.25, 0.3) is 5.91 Å². The summed E-state index contributed by atoms with van der Waals surface area (Å²) in [7, 11) is 0. The van der Waals surface area contributed by atoms with E-state index in [2.05, 4.69) is 5.32 Å². The second-order valence-corrected chi connectivity index (χ2v) is 7.49. The Morgan fingerprint density at radius 2 is 1.29 bits per heavy atom. The third kappa shape index (κ3) is 3.85. The molecule has 0 spiro atoms. The van der Waals surface area contributed by atoms with Crippen molar-refractivity contribution >= 4 is 5.91 Å². The normalized spacial score (nSPS) is 19.2. The maximum atomic E-state index is 13.5. The first-order valence-electron chi connectivity index (χ1n) is 10.0. The van der Waals surface area contributed by atoms with Crippen molar-refractivity contribution in [2.75, 3.05) is 0 Å². The molecule has 0 saturated heterocycles. The van der Waals surface area contributed by atoms with Crippen LogP contribution in [0, 0.1) is 0 Å². The molecular weight excluding hydrogens is 344 g/mol. The van der Waals surface area contributed by atoms with Gasteiger partial charge in [-0.15, -0.1) is 0 Å². The van der Waals surface area contributed by atoms with Crippen LogP contribution in [0.15, 0.2) is 78.9 Å². The number of carbonyl (C=O) groups is 1. The molecule has 142 valence electrons. The highest BCUT2D eigenvalue weighted by Crippen LogP contribution is 2.33. The van der Waals surface area contributed by atoms with Gasteiger partial charge in [-0.05, 0) is 35.1 Å². The van der Waals surface area contributed by atoms with Gasteiger partial charge in [0.15, 0.2) is 0 Å². The van der Waals surface area contributed by atoms with Gasteiger partial charge in [0.2, 0.25) is 0 Å². The van der Waals surface area contributed by atoms with Gasteiger partial charge in [0.1, 0.15) is 0 Å². The van der Waals surface area contributed by atoms with Gasteiger partial charge in [-0.3, -0.25) is 4.79 Å². The van der Waals surface area contributed by atoms with Crippen LogP contribution in [-0.2, 0) is 0 Å². The fourth-order valence-electron chi connectivity index (χ4n) is 4.09. The van der Waals surface area contributed by atoms with E-state index in [1.165, 1.54) is 0 Å². The highest BCUT2D eigenvalue weighted by atomic mass is 16.1. The monoisotopic (exact) mass is 370 g/mol. The minimum Gasteiger partial charge on any atom is -0.348 e. The molecule has 0 aromatic heterocycles. The molecule has 3 heteroatoms. The zero-order valence-corrected chi connectivity index (χ0v) is 16.0. The van der Waals surface area contributed by atoms with E-state index in [-0.39, 0.29) is 18.0 Å². The van der Waals surface area contributed by atoms with E-state index < -0.39 is 0 Å². The maximum absolute atomic E-state index is 13.5. The number of amides is 1. The molecule has 4 rings (SSSR count). The third-order valence-corrected chi connectivity index (χ3v) is 5.60. The van der Waals surface area contributed by atoms with E-state index in [1.807, 2.05) is 78.9 Å². The van der Waals surface area contributed by atoms with Crippen LogP contribution < -0.4 is 11.1 Å². The van der Waals surface area contributed by atoms with Crippen molar-refractivity contribution in [3.05, 3.63) is 84.4 Å². The molecule has 3 N–H and O–H groups in total. The zero-order chi connectivity index (χ0) is 19.3. The minimum absolute atomic E-state index is 0.0294. The van der Waals surface area contributed by atoms with Crippen LogP contribution in [0.25, 0.3) is 22.3 Å². The summed E-state index contributed by atoms with van der Waals surface area (Å²) in [6.45, 7) is 0. The quantitative estimate of drug-likeness (QED) is 0.677. The number of hydrogen-bond acceptors (Lipinski definition) is 2. The van der Waals surface area contributed by atoms with Crippen molar-refractivity contribution in [2.45, 2.75) is 37.8 Å². The van der Waals surface area contributed by atoms with Crippen LogP contribution >= 0.6 is 0 Å². The van der Waals surface area contributed by atoms with Crippen LogP contribution in [0.1, 0.15) is 36.0 Å². The van der Waals surface area contributed by atoms with Crippen molar-refractivity contribution in [3.63, 3.8) is 0 Å². The predicted molar refractivity (Wildman–Crippen MR) is 115 cm³/mol. The average Bonchev–Trinajstić information content (AvgIpc) is 2.76. The second kappa shape index (κ2) is 8.41. The maximum Gasteiger partial charge on any atom is 0.252 e. The molecule has 0 bridgehead atoms. The van der Waals surface area contributed by atoms with Crippen LogP contribution in [0.5, 0.6) is 0 Å². The SMILES string of the molecule is N[C@@H]1CCCC[C@H]1NC(=O)c1c(-c2ccccc2)cccc1-c1ccccc1. The van der Waals surface area contributed by atoms with Gasteiger partial charge in [0, 0.05) is 12.1 Å². The molecule has 1 saturated carbocycles. The number of nitrogens with one attached hydrogen (secondary N) is 1. The highest BCUT2D eigenvalue weighted by molar-refractivity contribution is 6.07. The third-order valence-electron chi connectivity index (χ3n) is 5.60. The van der Waals surface area contributed by atoms with E-state index in [4.69, 9.17) is 5.73 Å². The first-order valence-corrected chi connectivity index (χ1v) is 10.0. The fourth-order valence-corrected chi connectivity index (χ4v) is 4.09. The van der Waals surface area contributed by atoms with E-state index in [1.54, 1.807) is 0 Å². The Balaban J connectivity index is 1.79. The molecule has 0 unspecified atom stereocenters. The molecule has 2 atom stereocenters. The van der Waals surface area contributed by atoms with E-state index in [9.17, 15) is 4.79 Å². The Bertz CT molecular complexity index is 880. The summed E-state index contributed by atoms with van der Waals surface area (Å²) in [4.78, 5) is 13.5. The molecule has 1 aliphatic carbocycles. The Kier molecular flexibility index (Phi) is 5.54. The molecule has 1 fully saturated rings. The van der Waals surface area contributed by atoms with Crippen LogP contribution in [-0.4, -0.2) is 18.0 Å². The molecule has 1 aliphatic rings. The van der Waals surface area contributed by atoms with Crippen molar-refractivity contribution in [1.82, 2.24) is 5.32 Å². The first kappa shape index (κ1) is 18.5. The molecule has 1 amide bonds. The largest absolute Gasteiger partial charge is 0.348 e. The first-order chi connectivity index (χ1) is 13.7. The Hall–Kier alpha value is -2.91. The molecule has 3 aromatic carbocycles. The molecule has 0 radical (unpaired) electrons. The van der Waals surface area contributed by atoms with E-state index in [0.29, 0.717) is 0 Å². The van der Waals surface area contributed by atoms with Crippen molar-refractivity contribution < 1.29 is 4.79 Å². The fraction of sp³-hybridized carbons (Fsp3) is 0.240. The highest BCUT2D eigenvalue weighted by Gasteiger charge is 2.26. The zero-order valence-electron chi connectivity index (χ0n) is 16.0. The smallest absolute Gasteiger partial charge is 0.252 e. The van der Waals surface area contributed by atoms with Gasteiger partial charge in [-0.2, -0.15) is 0 Å². The second-order valence-electron chi connectivity index (χ2n) is 7.49. The Morgan fingerprint density at radius 1 is 0.750 bits per heavy atom. The number of benzene rings is 3. The summed E-state index contributed by atoms with van der Waals surface area (Å²) < 4.78 is 0. The summed E-state index contributed by atoms with van der Waals surface area (Å²) in [6, 6.07) is 26.3. The number of hydrogen-bond donors (Lipinski definition) is 2. The van der Waals surface area contributed by atoms with E-state index in [0.717, 1.165) is 53.5 Å². The summed E-state index contributed by atoms with van der Waals surface area (Å²) in [5, 5.41) is 3.24. The van der Waals surface area contributed by atoms with E-state index >= 15 is 0 Å². The van der Waals surface area contributed by atoms with Gasteiger partial charge < -0.3 is 11.1 Å². The summed E-state index contributed by atoms with van der Waals surface area (Å²) in [6.07, 6.45) is 4.17. The lowest BCUT2D eigenvalue weighted by Gasteiger charge is -2.30. The predicted octanol–water partition coefficient (Wildman–Crippen LogP) is 5.02. The van der Waals surface area contributed by atoms with Gasteiger partial charge in [-0.25, -0.2) is 0 Å². The van der Waals surface area contributed by atoms with Crippen LogP contribution in [0.3, 0.4) is 0 Å². The summed E-state index contributed by atoms with van der Waals surface area (Å²) in [5.41, 5.74) is 11.0. The average molecular weight is 370 g/mol. The number of carbonyl (C=O) groups excluding carboxylic acids is 1. The summed E-state index contributed by atoms with van der Waals surface area (Å²) in [5.74, 6) is -0.0411.